The molecule has 1 aromatic rings. The number of benzene rings is 1. The summed E-state index contributed by atoms with van der Waals surface area (Å²) in [6.07, 6.45) is 1.48. The van der Waals surface area contributed by atoms with Crippen LogP contribution in [0.25, 0.3) is 0 Å². The summed E-state index contributed by atoms with van der Waals surface area (Å²) in [5.74, 6) is 0.932. The van der Waals surface area contributed by atoms with E-state index in [1.807, 2.05) is 6.92 Å². The summed E-state index contributed by atoms with van der Waals surface area (Å²) in [7, 11) is 2.27. The molecule has 2 fully saturated rings. The van der Waals surface area contributed by atoms with E-state index in [1.165, 1.54) is 39.2 Å². The summed E-state index contributed by atoms with van der Waals surface area (Å²) in [5.41, 5.74) is 2.41. The van der Waals surface area contributed by atoms with Crippen LogP contribution in [0.3, 0.4) is 0 Å². The molecule has 0 bridgehead atoms. The maximum Gasteiger partial charge on any atom is 0.416 e. The molecule has 1 atom stereocenters. The molecule has 5 nitrogen and oxygen atoms in total. The predicted octanol–water partition coefficient (Wildman–Crippen LogP) is 4.78. The maximum absolute atomic E-state index is 12.8. The zero-order chi connectivity index (χ0) is 23.3. The van der Waals surface area contributed by atoms with Gasteiger partial charge in [-0.3, -0.25) is 4.90 Å². The van der Waals surface area contributed by atoms with Crippen LogP contribution in [0.5, 0.6) is 0 Å². The fourth-order valence-corrected chi connectivity index (χ4v) is 4.42. The zero-order valence-corrected chi connectivity index (χ0v) is 19.2. The fraction of sp³-hybridized carbons (Fsp3) is 0.640. The Labute approximate surface area is 196 Å². The first-order valence-corrected chi connectivity index (χ1v) is 11.4. The molecule has 2 aliphatic heterocycles. The molecule has 1 unspecified atom stereocenters. The number of nitrogens with zero attached hydrogens (tertiary/aromatic N) is 2. The van der Waals surface area contributed by atoms with E-state index >= 15 is 0 Å². The number of carbonyl (C=O) groups is 1. The van der Waals surface area contributed by atoms with E-state index in [1.54, 1.807) is 12.1 Å². The number of allylic oxidation sites excluding steroid dienone is 1. The van der Waals surface area contributed by atoms with Crippen LogP contribution in [0.15, 0.2) is 35.7 Å². The van der Waals surface area contributed by atoms with E-state index in [2.05, 4.69) is 27.5 Å². The second kappa shape index (κ2) is 11.9. The molecule has 8 heteroatoms. The van der Waals surface area contributed by atoms with Gasteiger partial charge in [-0.2, -0.15) is 13.2 Å². The van der Waals surface area contributed by atoms with Crippen molar-refractivity contribution < 1.29 is 18.0 Å². The average Bonchev–Trinajstić information content (AvgIpc) is 3.49. The van der Waals surface area contributed by atoms with Crippen LogP contribution in [0.1, 0.15) is 64.3 Å². The van der Waals surface area contributed by atoms with Crippen LogP contribution in [0.2, 0.25) is 0 Å². The summed E-state index contributed by atoms with van der Waals surface area (Å²) in [4.78, 5) is 13.8. The van der Waals surface area contributed by atoms with E-state index in [0.717, 1.165) is 60.9 Å². The predicted molar refractivity (Wildman–Crippen MR) is 126 cm³/mol. The van der Waals surface area contributed by atoms with Crippen LogP contribution in [-0.2, 0) is 11.0 Å². The number of alkyl halides is 3. The minimum Gasteiger partial charge on any atom is -0.364 e. The lowest BCUT2D eigenvalue weighted by atomic mass is 10.0. The van der Waals surface area contributed by atoms with Crippen molar-refractivity contribution in [3.63, 3.8) is 0 Å². The maximum atomic E-state index is 12.8. The summed E-state index contributed by atoms with van der Waals surface area (Å²) >= 11 is 0. The molecular weight excluding hydrogens is 429 g/mol. The number of piperidine rings is 1. The third-order valence-corrected chi connectivity index (χ3v) is 6.51. The molecular formula is C25H39F3N4O. The van der Waals surface area contributed by atoms with Gasteiger partial charge in [-0.1, -0.05) is 19.6 Å². The molecule has 0 radical (unpaired) electrons. The Bertz CT molecular complexity index is 782. The first kappa shape index (κ1) is 27.2. The second-order valence-electron chi connectivity index (χ2n) is 9.07. The van der Waals surface area contributed by atoms with Crippen molar-refractivity contribution in [1.82, 2.24) is 20.4 Å². The van der Waals surface area contributed by atoms with Crippen molar-refractivity contribution in [1.29, 1.82) is 0 Å². The molecule has 2 N–H and O–H groups in total. The van der Waals surface area contributed by atoms with Crippen molar-refractivity contribution in [3.05, 3.63) is 46.8 Å². The highest BCUT2D eigenvalue weighted by Gasteiger charge is 2.32. The van der Waals surface area contributed by atoms with E-state index in [9.17, 15) is 13.2 Å². The number of aldehydes is 1. The fourth-order valence-electron chi connectivity index (χ4n) is 4.42. The number of hydrogen-bond acceptors (Lipinski definition) is 5. The highest BCUT2D eigenvalue weighted by molar-refractivity contribution is 5.44. The molecule has 0 aromatic heterocycles. The Hall–Kier alpha value is -2.06. The molecule has 0 spiro atoms. The first-order valence-electron chi connectivity index (χ1n) is 11.4. The molecule has 0 amide bonds. The standard InChI is InChI=1S/C22H31F3N4.C2H4O.CH4/c1-15-20(14-29-11-9-19(10-12-29)28(2)13-16-3-4-16)27-21(26-15)17-5-7-18(8-6-17)22(23,24)25;1-2-3;/h5-8,16,19,21,26-27H,3-4,9-14H2,1-2H3;2H,1H3;1H4. The first-order chi connectivity index (χ1) is 15.2. The lowest BCUT2D eigenvalue weighted by molar-refractivity contribution is -0.137. The third-order valence-electron chi connectivity index (χ3n) is 6.51. The van der Waals surface area contributed by atoms with Gasteiger partial charge in [-0.15, -0.1) is 0 Å². The topological polar surface area (TPSA) is 47.6 Å². The third kappa shape index (κ3) is 7.74. The van der Waals surface area contributed by atoms with E-state index in [4.69, 9.17) is 4.79 Å². The monoisotopic (exact) mass is 468 g/mol. The molecule has 1 aromatic carbocycles. The van der Waals surface area contributed by atoms with Crippen LogP contribution in [0, 0.1) is 5.92 Å². The molecule has 4 rings (SSSR count). The molecule has 186 valence electrons. The number of nitrogens with one attached hydrogen (secondary N) is 2. The molecule has 1 aliphatic carbocycles. The Morgan fingerprint density at radius 1 is 1.09 bits per heavy atom. The second-order valence-corrected chi connectivity index (χ2v) is 9.07. The highest BCUT2D eigenvalue weighted by atomic mass is 19.4. The summed E-state index contributed by atoms with van der Waals surface area (Å²) in [5, 5.41) is 6.84. The van der Waals surface area contributed by atoms with Crippen molar-refractivity contribution in [2.45, 2.75) is 65.3 Å². The highest BCUT2D eigenvalue weighted by Crippen LogP contribution is 2.32. The molecule has 1 saturated carbocycles. The Morgan fingerprint density at radius 2 is 1.67 bits per heavy atom. The number of carbonyl (C=O) groups excluding carboxylic acids is 1. The zero-order valence-electron chi connectivity index (χ0n) is 19.2. The van der Waals surface area contributed by atoms with Gasteiger partial charge >= 0.3 is 6.18 Å². The summed E-state index contributed by atoms with van der Waals surface area (Å²) in [6.45, 7) is 7.75. The number of halogens is 3. The molecule has 2 heterocycles. The number of hydrogen-bond donors (Lipinski definition) is 2. The van der Waals surface area contributed by atoms with Crippen molar-refractivity contribution in [2.75, 3.05) is 33.2 Å². The average molecular weight is 469 g/mol. The van der Waals surface area contributed by atoms with Gasteiger partial charge < -0.3 is 20.3 Å². The van der Waals surface area contributed by atoms with Crippen molar-refractivity contribution in [2.24, 2.45) is 5.92 Å². The minimum atomic E-state index is -4.30. The molecule has 1 saturated heterocycles. The Kier molecular flexibility index (Phi) is 9.79. The van der Waals surface area contributed by atoms with Gasteiger partial charge in [0.15, 0.2) is 0 Å². The SMILES string of the molecule is C.CC1=C(CN2CCC(N(C)CC3CC3)CC2)NC(c2ccc(C(F)(F)F)cc2)N1.CC=O. The molecule has 3 aliphatic rings. The number of rotatable bonds is 6. The minimum absolute atomic E-state index is 0. The molecule has 33 heavy (non-hydrogen) atoms. The van der Waals surface area contributed by atoms with Crippen LogP contribution in [-0.4, -0.2) is 55.4 Å². The smallest absolute Gasteiger partial charge is 0.364 e. The van der Waals surface area contributed by atoms with E-state index in [-0.39, 0.29) is 13.6 Å². The van der Waals surface area contributed by atoms with E-state index in [0.29, 0.717) is 6.04 Å². The lowest BCUT2D eigenvalue weighted by Gasteiger charge is -2.37. The largest absolute Gasteiger partial charge is 0.416 e. The summed E-state index contributed by atoms with van der Waals surface area (Å²) in [6, 6.07) is 6.08. The normalized spacial score (nSPS) is 21.6. The lowest BCUT2D eigenvalue weighted by Crippen LogP contribution is -2.45. The van der Waals surface area contributed by atoms with E-state index < -0.39 is 11.7 Å². The van der Waals surface area contributed by atoms with Gasteiger partial charge in [0.1, 0.15) is 12.5 Å². The van der Waals surface area contributed by atoms with Gasteiger partial charge in [-0.25, -0.2) is 0 Å². The van der Waals surface area contributed by atoms with Gasteiger partial charge in [0.25, 0.3) is 0 Å². The van der Waals surface area contributed by atoms with Gasteiger partial charge in [0, 0.05) is 43.6 Å². The van der Waals surface area contributed by atoms with Gasteiger partial charge in [0.05, 0.1) is 5.56 Å². The number of likely N-dealkylation sites (tertiary alicyclic amines) is 1. The van der Waals surface area contributed by atoms with Gasteiger partial charge in [0.2, 0.25) is 0 Å². The van der Waals surface area contributed by atoms with Crippen LogP contribution in [0.4, 0.5) is 13.2 Å². The van der Waals surface area contributed by atoms with Crippen molar-refractivity contribution in [3.8, 4) is 0 Å². The van der Waals surface area contributed by atoms with Crippen LogP contribution >= 0.6 is 0 Å². The summed E-state index contributed by atoms with van der Waals surface area (Å²) < 4.78 is 38.3. The van der Waals surface area contributed by atoms with Crippen molar-refractivity contribution >= 4 is 6.29 Å². The Balaban J connectivity index is 0.000000914. The van der Waals surface area contributed by atoms with Crippen LogP contribution < -0.4 is 10.6 Å². The quantitative estimate of drug-likeness (QED) is 0.589. The Morgan fingerprint density at radius 3 is 2.18 bits per heavy atom. The van der Waals surface area contributed by atoms with Gasteiger partial charge in [-0.05, 0) is 70.2 Å².